The minimum atomic E-state index is -0.0769. The van der Waals surface area contributed by atoms with Crippen LogP contribution in [0.15, 0.2) is 0 Å². The Morgan fingerprint density at radius 3 is 1.68 bits per heavy atom. The monoisotopic (exact) mass is 394 g/mol. The zero-order chi connectivity index (χ0) is 19.8. The summed E-state index contributed by atoms with van der Waals surface area (Å²) >= 11 is 0. The molecule has 0 bridgehead atoms. The molecule has 0 spiro atoms. The molecule has 4 fully saturated rings. The Kier molecular flexibility index (Phi) is 5.98. The molecule has 2 saturated heterocycles. The summed E-state index contributed by atoms with van der Waals surface area (Å²) in [6.45, 7) is 7.17. The molecule has 0 radical (unpaired) electrons. The maximum absolute atomic E-state index is 12.3. The number of carbonyl (C=O) groups excluding carboxylic acids is 2. The molecule has 4 rings (SSSR count). The fourth-order valence-electron chi connectivity index (χ4n) is 5.12. The van der Waals surface area contributed by atoms with E-state index in [0.29, 0.717) is 31.3 Å². The highest BCUT2D eigenvalue weighted by Crippen LogP contribution is 2.45. The van der Waals surface area contributed by atoms with Crippen molar-refractivity contribution in [2.45, 2.75) is 83.7 Å². The number of carbonyl (C=O) groups is 2. The lowest BCUT2D eigenvalue weighted by atomic mass is 9.80. The molecule has 0 N–H and O–H groups in total. The van der Waals surface area contributed by atoms with Crippen molar-refractivity contribution in [1.29, 1.82) is 0 Å². The minimum Gasteiger partial charge on any atom is -0.465 e. The van der Waals surface area contributed by atoms with Crippen LogP contribution in [0.1, 0.15) is 59.3 Å². The van der Waals surface area contributed by atoms with Crippen LogP contribution in [0.2, 0.25) is 0 Å². The first kappa shape index (κ1) is 20.1. The molecule has 2 aliphatic carbocycles. The second-order valence-corrected chi connectivity index (χ2v) is 9.38. The zero-order valence-corrected chi connectivity index (χ0v) is 17.3. The number of epoxide rings is 2. The summed E-state index contributed by atoms with van der Waals surface area (Å²) in [4.78, 5) is 24.7. The summed E-state index contributed by atoms with van der Waals surface area (Å²) in [5.74, 6) is 0.683. The number of esters is 2. The summed E-state index contributed by atoms with van der Waals surface area (Å²) < 4.78 is 22.2. The van der Waals surface area contributed by atoms with Crippen molar-refractivity contribution in [2.24, 2.45) is 29.6 Å². The molecule has 0 aromatic carbocycles. The number of hydrogen-bond donors (Lipinski definition) is 0. The Bertz CT molecular complexity index is 542. The van der Waals surface area contributed by atoms with Crippen molar-refractivity contribution in [3.8, 4) is 0 Å². The van der Waals surface area contributed by atoms with E-state index in [-0.39, 0.29) is 47.8 Å². The van der Waals surface area contributed by atoms with Gasteiger partial charge in [-0.25, -0.2) is 0 Å². The van der Waals surface area contributed by atoms with Crippen molar-refractivity contribution in [2.75, 3.05) is 13.2 Å². The smallest absolute Gasteiger partial charge is 0.309 e. The van der Waals surface area contributed by atoms with Crippen LogP contribution in [0.4, 0.5) is 0 Å². The third kappa shape index (κ3) is 4.38. The highest BCUT2D eigenvalue weighted by Gasteiger charge is 2.52. The molecule has 4 aliphatic rings. The Morgan fingerprint density at radius 1 is 0.821 bits per heavy atom. The van der Waals surface area contributed by atoms with Gasteiger partial charge in [0.1, 0.15) is 0 Å². The van der Waals surface area contributed by atoms with Crippen LogP contribution in [0.25, 0.3) is 0 Å². The van der Waals surface area contributed by atoms with E-state index in [2.05, 4.69) is 20.8 Å². The van der Waals surface area contributed by atoms with Crippen molar-refractivity contribution < 1.29 is 28.5 Å². The van der Waals surface area contributed by atoms with Gasteiger partial charge in [-0.15, -0.1) is 0 Å². The third-order valence-corrected chi connectivity index (χ3v) is 7.39. The van der Waals surface area contributed by atoms with Gasteiger partial charge < -0.3 is 18.9 Å². The van der Waals surface area contributed by atoms with E-state index >= 15 is 0 Å². The highest BCUT2D eigenvalue weighted by atomic mass is 16.6. The Morgan fingerprint density at radius 2 is 1.25 bits per heavy atom. The van der Waals surface area contributed by atoms with Crippen LogP contribution in [0.5, 0.6) is 0 Å². The first-order valence-electron chi connectivity index (χ1n) is 11.1. The van der Waals surface area contributed by atoms with E-state index in [1.165, 1.54) is 0 Å². The number of rotatable bonds is 8. The van der Waals surface area contributed by atoms with Gasteiger partial charge in [-0.2, -0.15) is 0 Å². The molecule has 6 nitrogen and oxygen atoms in total. The predicted molar refractivity (Wildman–Crippen MR) is 101 cm³/mol. The standard InChI is InChI=1S/C22H34O6/c1-12(8-10-25-21(23)15-4-6-17-19(27-17)13(15)2)9-11-26-22(24)16-5-7-18-20(28-18)14(16)3/h12-20H,4-11H2,1-3H3. The molecule has 0 aromatic heterocycles. The Balaban J connectivity index is 1.08. The summed E-state index contributed by atoms with van der Waals surface area (Å²) in [6, 6.07) is 0. The molecule has 0 aromatic rings. The molecule has 0 amide bonds. The summed E-state index contributed by atoms with van der Waals surface area (Å²) in [5.41, 5.74) is 0. The summed E-state index contributed by atoms with van der Waals surface area (Å²) in [6.07, 6.45) is 6.60. The lowest BCUT2D eigenvalue weighted by Crippen LogP contribution is -2.32. The SMILES string of the molecule is CC(CCOC(=O)C1CCC2OC2C1C)CCOC(=O)C1CCC2OC2C1C. The van der Waals surface area contributed by atoms with Crippen molar-refractivity contribution in [1.82, 2.24) is 0 Å². The molecule has 2 aliphatic heterocycles. The van der Waals surface area contributed by atoms with Gasteiger partial charge in [0.25, 0.3) is 0 Å². The van der Waals surface area contributed by atoms with Gasteiger partial charge in [-0.3, -0.25) is 9.59 Å². The lowest BCUT2D eigenvalue weighted by Gasteiger charge is -2.25. The van der Waals surface area contributed by atoms with Gasteiger partial charge in [-0.05, 0) is 56.3 Å². The van der Waals surface area contributed by atoms with Crippen LogP contribution < -0.4 is 0 Å². The fourth-order valence-corrected chi connectivity index (χ4v) is 5.12. The quantitative estimate of drug-likeness (QED) is 0.465. The molecule has 28 heavy (non-hydrogen) atoms. The summed E-state index contributed by atoms with van der Waals surface area (Å²) in [5, 5.41) is 0. The largest absolute Gasteiger partial charge is 0.465 e. The molecular weight excluding hydrogens is 360 g/mol. The van der Waals surface area contributed by atoms with Gasteiger partial charge in [0.15, 0.2) is 0 Å². The topological polar surface area (TPSA) is 77.7 Å². The van der Waals surface area contributed by atoms with Gasteiger partial charge in [-0.1, -0.05) is 20.8 Å². The van der Waals surface area contributed by atoms with Gasteiger partial charge in [0, 0.05) is 0 Å². The van der Waals surface area contributed by atoms with E-state index < -0.39 is 0 Å². The third-order valence-electron chi connectivity index (χ3n) is 7.39. The number of fused-ring (bicyclic) bond motifs is 2. The second kappa shape index (κ2) is 8.31. The molecule has 6 heteroatoms. The van der Waals surface area contributed by atoms with Crippen LogP contribution >= 0.6 is 0 Å². The first-order chi connectivity index (χ1) is 13.5. The van der Waals surface area contributed by atoms with E-state index in [9.17, 15) is 9.59 Å². The first-order valence-corrected chi connectivity index (χ1v) is 11.1. The number of ether oxygens (including phenoxy) is 4. The normalized spacial score (nSPS) is 42.0. The molecule has 8 unspecified atom stereocenters. The molecule has 2 heterocycles. The van der Waals surface area contributed by atoms with Crippen LogP contribution in [0, 0.1) is 29.6 Å². The van der Waals surface area contributed by atoms with E-state index in [0.717, 1.165) is 38.5 Å². The maximum atomic E-state index is 12.3. The molecule has 8 atom stereocenters. The molecular formula is C22H34O6. The van der Waals surface area contributed by atoms with Crippen molar-refractivity contribution in [3.63, 3.8) is 0 Å². The molecule has 2 saturated carbocycles. The average molecular weight is 395 g/mol. The number of hydrogen-bond acceptors (Lipinski definition) is 6. The van der Waals surface area contributed by atoms with Crippen LogP contribution in [0.3, 0.4) is 0 Å². The average Bonchev–Trinajstić information content (AvgIpc) is 3.55. The van der Waals surface area contributed by atoms with Crippen LogP contribution in [-0.4, -0.2) is 49.6 Å². The van der Waals surface area contributed by atoms with Gasteiger partial charge in [0.2, 0.25) is 0 Å². The lowest BCUT2D eigenvalue weighted by molar-refractivity contribution is -0.151. The fraction of sp³-hybridized carbons (Fsp3) is 0.909. The second-order valence-electron chi connectivity index (χ2n) is 9.38. The Hall–Kier alpha value is -1.14. The Labute approximate surface area is 167 Å². The predicted octanol–water partition coefficient (Wildman–Crippen LogP) is 3.12. The van der Waals surface area contributed by atoms with Crippen LogP contribution in [-0.2, 0) is 28.5 Å². The van der Waals surface area contributed by atoms with Crippen molar-refractivity contribution >= 4 is 11.9 Å². The highest BCUT2D eigenvalue weighted by molar-refractivity contribution is 5.73. The van der Waals surface area contributed by atoms with E-state index in [1.54, 1.807) is 0 Å². The maximum Gasteiger partial charge on any atom is 0.309 e. The molecule has 158 valence electrons. The van der Waals surface area contributed by atoms with Crippen molar-refractivity contribution in [3.05, 3.63) is 0 Å². The van der Waals surface area contributed by atoms with E-state index in [4.69, 9.17) is 18.9 Å². The van der Waals surface area contributed by atoms with Gasteiger partial charge >= 0.3 is 11.9 Å². The van der Waals surface area contributed by atoms with Gasteiger partial charge in [0.05, 0.1) is 49.5 Å². The summed E-state index contributed by atoms with van der Waals surface area (Å²) in [7, 11) is 0. The zero-order valence-electron chi connectivity index (χ0n) is 17.3. The minimum absolute atomic E-state index is 0.0208. The van der Waals surface area contributed by atoms with E-state index in [1.807, 2.05) is 0 Å².